The van der Waals surface area contributed by atoms with E-state index in [1.807, 2.05) is 36.4 Å². The second-order valence-corrected chi connectivity index (χ2v) is 8.67. The Kier molecular flexibility index (Phi) is 6.67. The van der Waals surface area contributed by atoms with Gasteiger partial charge in [-0.1, -0.05) is 36.4 Å². The van der Waals surface area contributed by atoms with Crippen LogP contribution in [0, 0.1) is 0 Å². The zero-order valence-corrected chi connectivity index (χ0v) is 20.0. The zero-order chi connectivity index (χ0) is 24.9. The van der Waals surface area contributed by atoms with E-state index < -0.39 is 0 Å². The Balaban J connectivity index is 1.20. The van der Waals surface area contributed by atoms with Gasteiger partial charge in [0.2, 0.25) is 0 Å². The molecule has 36 heavy (non-hydrogen) atoms. The minimum atomic E-state index is -0.256. The van der Waals surface area contributed by atoms with Crippen LogP contribution in [0.3, 0.4) is 0 Å². The first-order valence-electron chi connectivity index (χ1n) is 11.9. The van der Waals surface area contributed by atoms with Crippen molar-refractivity contribution in [2.24, 2.45) is 0 Å². The highest BCUT2D eigenvalue weighted by atomic mass is 16.5. The summed E-state index contributed by atoms with van der Waals surface area (Å²) in [6, 6.07) is 30.2. The topological polar surface area (TPSA) is 70.7 Å². The molecule has 0 bridgehead atoms. The molecule has 6 heteroatoms. The normalized spacial score (nSPS) is 12.4. The molecular weight excluding hydrogens is 450 g/mol. The Labute approximate surface area is 210 Å². The fraction of sp³-hybridized carbons (Fsp3) is 0.133. The van der Waals surface area contributed by atoms with Gasteiger partial charge >= 0.3 is 0 Å². The lowest BCUT2D eigenvalue weighted by Crippen LogP contribution is -2.30. The van der Waals surface area contributed by atoms with Crippen molar-refractivity contribution in [1.29, 1.82) is 0 Å². The number of fused-ring (bicyclic) bond motifs is 1. The number of carbonyl (C=O) groups excluding carboxylic acids is 2. The number of hydrogen-bond donors (Lipinski definition) is 2. The molecule has 0 aromatic heterocycles. The lowest BCUT2D eigenvalue weighted by atomic mass is 9.99. The number of para-hydroxylation sites is 2. The molecule has 0 spiro atoms. The minimum absolute atomic E-state index is 0.197. The molecule has 1 aliphatic rings. The molecule has 4 aromatic carbocycles. The summed E-state index contributed by atoms with van der Waals surface area (Å²) in [6.45, 7) is 1.83. The molecule has 1 heterocycles. The van der Waals surface area contributed by atoms with Crippen molar-refractivity contribution in [2.45, 2.75) is 13.0 Å². The predicted octanol–water partition coefficient (Wildman–Crippen LogP) is 5.76. The fourth-order valence-corrected chi connectivity index (χ4v) is 4.39. The van der Waals surface area contributed by atoms with Crippen molar-refractivity contribution in [3.05, 3.63) is 119 Å². The monoisotopic (exact) mass is 477 g/mol. The largest absolute Gasteiger partial charge is 0.495 e. The molecule has 5 rings (SSSR count). The second-order valence-electron chi connectivity index (χ2n) is 8.67. The molecule has 0 saturated carbocycles. The van der Waals surface area contributed by atoms with E-state index in [2.05, 4.69) is 39.8 Å². The molecule has 0 atom stereocenters. The van der Waals surface area contributed by atoms with Crippen molar-refractivity contribution in [1.82, 2.24) is 0 Å². The van der Waals surface area contributed by atoms with Crippen LogP contribution in [0.5, 0.6) is 5.75 Å². The maximum absolute atomic E-state index is 12.8. The molecule has 0 radical (unpaired) electrons. The first kappa shape index (κ1) is 23.2. The van der Waals surface area contributed by atoms with Gasteiger partial charge in [-0.05, 0) is 78.2 Å². The van der Waals surface area contributed by atoms with Gasteiger partial charge in [-0.2, -0.15) is 0 Å². The van der Waals surface area contributed by atoms with Gasteiger partial charge in [-0.25, -0.2) is 0 Å². The molecule has 180 valence electrons. The van der Waals surface area contributed by atoms with Crippen LogP contribution in [-0.2, 0) is 13.0 Å². The van der Waals surface area contributed by atoms with Gasteiger partial charge in [0.1, 0.15) is 5.75 Å². The highest BCUT2D eigenvalue weighted by Gasteiger charge is 2.17. The summed E-state index contributed by atoms with van der Waals surface area (Å²) in [5.41, 5.74) is 6.13. The Morgan fingerprint density at radius 3 is 2.06 bits per heavy atom. The Morgan fingerprint density at radius 1 is 0.722 bits per heavy atom. The molecule has 2 amide bonds. The van der Waals surface area contributed by atoms with Crippen molar-refractivity contribution in [2.75, 3.05) is 29.2 Å². The maximum atomic E-state index is 12.8. The SMILES string of the molecule is COc1ccccc1NC(=O)c1ccc(NC(=O)c2ccc(N3CCc4ccccc4C3)cc2)cc1. The summed E-state index contributed by atoms with van der Waals surface area (Å²) >= 11 is 0. The van der Waals surface area contributed by atoms with Crippen molar-refractivity contribution in [3.63, 3.8) is 0 Å². The lowest BCUT2D eigenvalue weighted by molar-refractivity contribution is 0.101. The van der Waals surface area contributed by atoms with Gasteiger partial charge in [0, 0.05) is 35.6 Å². The molecule has 0 saturated heterocycles. The van der Waals surface area contributed by atoms with Crippen LogP contribution >= 0.6 is 0 Å². The molecule has 0 aliphatic carbocycles. The summed E-state index contributed by atoms with van der Waals surface area (Å²) in [5.74, 6) is 0.135. The van der Waals surface area contributed by atoms with Crippen molar-refractivity contribution < 1.29 is 14.3 Å². The van der Waals surface area contributed by atoms with Crippen LogP contribution in [0.2, 0.25) is 0 Å². The summed E-state index contributed by atoms with van der Waals surface area (Å²) in [6.07, 6.45) is 1.02. The molecule has 0 unspecified atom stereocenters. The van der Waals surface area contributed by atoms with Crippen LogP contribution in [-0.4, -0.2) is 25.5 Å². The van der Waals surface area contributed by atoms with Crippen LogP contribution in [0.4, 0.5) is 17.1 Å². The molecular formula is C30H27N3O3. The van der Waals surface area contributed by atoms with Gasteiger partial charge in [0.15, 0.2) is 0 Å². The molecule has 6 nitrogen and oxygen atoms in total. The Hall–Kier alpha value is -4.58. The van der Waals surface area contributed by atoms with E-state index in [1.54, 1.807) is 43.5 Å². The highest BCUT2D eigenvalue weighted by Crippen LogP contribution is 2.26. The molecule has 4 aromatic rings. The number of carbonyl (C=O) groups is 2. The van der Waals surface area contributed by atoms with E-state index in [0.29, 0.717) is 28.3 Å². The summed E-state index contributed by atoms with van der Waals surface area (Å²) < 4.78 is 5.28. The third-order valence-electron chi connectivity index (χ3n) is 6.39. The quantitative estimate of drug-likeness (QED) is 0.370. The predicted molar refractivity (Wildman–Crippen MR) is 143 cm³/mol. The first-order chi connectivity index (χ1) is 17.6. The number of benzene rings is 4. The minimum Gasteiger partial charge on any atom is -0.495 e. The number of nitrogens with zero attached hydrogens (tertiary/aromatic N) is 1. The summed E-state index contributed by atoms with van der Waals surface area (Å²) in [7, 11) is 1.56. The highest BCUT2D eigenvalue weighted by molar-refractivity contribution is 6.06. The second kappa shape index (κ2) is 10.4. The standard InChI is InChI=1S/C30H27N3O3/c1-36-28-9-5-4-8-27(28)32-30(35)22-10-14-25(15-11-22)31-29(34)23-12-16-26(17-13-23)33-19-18-21-6-2-3-7-24(21)20-33/h2-17H,18-20H2,1H3,(H,31,34)(H,32,35). The molecule has 2 N–H and O–H groups in total. The average molecular weight is 478 g/mol. The third-order valence-corrected chi connectivity index (χ3v) is 6.39. The number of ether oxygens (including phenoxy) is 1. The number of rotatable bonds is 6. The average Bonchev–Trinajstić information content (AvgIpc) is 2.93. The summed E-state index contributed by atoms with van der Waals surface area (Å²) in [5, 5.41) is 5.75. The number of hydrogen-bond acceptors (Lipinski definition) is 4. The van der Waals surface area contributed by atoms with Gasteiger partial charge < -0.3 is 20.3 Å². The first-order valence-corrected chi connectivity index (χ1v) is 11.9. The van der Waals surface area contributed by atoms with E-state index >= 15 is 0 Å². The van der Waals surface area contributed by atoms with E-state index in [4.69, 9.17) is 4.74 Å². The number of amides is 2. The summed E-state index contributed by atoms with van der Waals surface area (Å²) in [4.78, 5) is 27.7. The van der Waals surface area contributed by atoms with Gasteiger partial charge in [0.25, 0.3) is 11.8 Å². The molecule has 1 aliphatic heterocycles. The van der Waals surface area contributed by atoms with Gasteiger partial charge in [-0.3, -0.25) is 9.59 Å². The Morgan fingerprint density at radius 2 is 1.33 bits per heavy atom. The van der Waals surface area contributed by atoms with E-state index in [0.717, 1.165) is 25.2 Å². The van der Waals surface area contributed by atoms with Crippen molar-refractivity contribution >= 4 is 28.9 Å². The third kappa shape index (κ3) is 5.08. The van der Waals surface area contributed by atoms with E-state index in [9.17, 15) is 9.59 Å². The van der Waals surface area contributed by atoms with E-state index in [1.165, 1.54) is 11.1 Å². The number of nitrogens with one attached hydrogen (secondary N) is 2. The van der Waals surface area contributed by atoms with Crippen LogP contribution in [0.1, 0.15) is 31.8 Å². The van der Waals surface area contributed by atoms with Crippen LogP contribution in [0.15, 0.2) is 97.1 Å². The van der Waals surface area contributed by atoms with Crippen molar-refractivity contribution in [3.8, 4) is 5.75 Å². The van der Waals surface area contributed by atoms with Crippen LogP contribution in [0.25, 0.3) is 0 Å². The maximum Gasteiger partial charge on any atom is 0.255 e. The fourth-order valence-electron chi connectivity index (χ4n) is 4.39. The number of anilines is 3. The van der Waals surface area contributed by atoms with E-state index in [-0.39, 0.29) is 11.8 Å². The van der Waals surface area contributed by atoms with Gasteiger partial charge in [0.05, 0.1) is 12.8 Å². The zero-order valence-electron chi connectivity index (χ0n) is 20.0. The van der Waals surface area contributed by atoms with Gasteiger partial charge in [-0.15, -0.1) is 0 Å². The smallest absolute Gasteiger partial charge is 0.255 e. The van der Waals surface area contributed by atoms with Crippen LogP contribution < -0.4 is 20.3 Å². The molecule has 0 fully saturated rings. The lowest BCUT2D eigenvalue weighted by Gasteiger charge is -2.30. The number of methoxy groups -OCH3 is 1. The Bertz CT molecular complexity index is 1380.